The van der Waals surface area contributed by atoms with E-state index in [2.05, 4.69) is 104 Å². The van der Waals surface area contributed by atoms with Crippen LogP contribution >= 0.6 is 0 Å². The highest BCUT2D eigenvalue weighted by Gasteiger charge is 2.61. The molecule has 0 spiro atoms. The maximum absolute atomic E-state index is 4.09. The molecule has 0 aromatic rings. The summed E-state index contributed by atoms with van der Waals surface area (Å²) in [5.41, 5.74) is 1.29. The molecule has 146 valence electrons. The molecule has 0 rings (SSSR count). The summed E-state index contributed by atoms with van der Waals surface area (Å²) in [6, 6.07) is 0. The van der Waals surface area contributed by atoms with E-state index in [0.29, 0.717) is 11.1 Å². The van der Waals surface area contributed by atoms with Crippen LogP contribution in [0.3, 0.4) is 0 Å². The van der Waals surface area contributed by atoms with E-state index in [1.165, 1.54) is 0 Å². The van der Waals surface area contributed by atoms with Crippen LogP contribution in [0.15, 0.2) is 0 Å². The molecule has 0 heterocycles. The smallest absolute Gasteiger partial charge is 0.206 e. The van der Waals surface area contributed by atoms with E-state index in [-0.39, 0.29) is 10.1 Å². The van der Waals surface area contributed by atoms with Gasteiger partial charge in [0.05, 0.1) is 0 Å². The number of hydrogen-bond donors (Lipinski definition) is 2. The van der Waals surface area contributed by atoms with E-state index in [0.717, 1.165) is 13.1 Å². The summed E-state index contributed by atoms with van der Waals surface area (Å²) in [6.07, 6.45) is 0. The molecule has 3 nitrogen and oxygen atoms in total. The first-order valence-electron chi connectivity index (χ1n) is 9.90. The Morgan fingerprint density at radius 2 is 0.958 bits per heavy atom. The molecular weight excluding hydrogens is 326 g/mol. The van der Waals surface area contributed by atoms with Crippen LogP contribution in [-0.4, -0.2) is 41.2 Å². The molecule has 2 atom stereocenters. The van der Waals surface area contributed by atoms with Gasteiger partial charge in [-0.25, -0.2) is 0 Å². The maximum atomic E-state index is 4.09. The van der Waals surface area contributed by atoms with Crippen LogP contribution < -0.4 is 9.96 Å². The fourth-order valence-corrected chi connectivity index (χ4v) is 22.2. The Morgan fingerprint density at radius 3 is 1.08 bits per heavy atom. The molecule has 0 aliphatic rings. The molecule has 0 bridgehead atoms. The van der Waals surface area contributed by atoms with Gasteiger partial charge < -0.3 is 14.2 Å². The van der Waals surface area contributed by atoms with Gasteiger partial charge >= 0.3 is 0 Å². The Kier molecular flexibility index (Phi) is 8.45. The second-order valence-corrected chi connectivity index (χ2v) is 20.8. The predicted octanol–water partition coefficient (Wildman–Crippen LogP) is 5.44. The fourth-order valence-electron chi connectivity index (χ4n) is 5.51. The van der Waals surface area contributed by atoms with Crippen molar-refractivity contribution in [3.05, 3.63) is 0 Å². The van der Waals surface area contributed by atoms with Crippen LogP contribution in [0.25, 0.3) is 0 Å². The van der Waals surface area contributed by atoms with Crippen molar-refractivity contribution in [2.75, 3.05) is 20.1 Å². The first-order chi connectivity index (χ1) is 10.7. The fraction of sp³-hybridized carbons (Fsp3) is 1.00. The first-order valence-corrected chi connectivity index (χ1v) is 14.0. The summed E-state index contributed by atoms with van der Waals surface area (Å²) < 4.78 is 2.92. The van der Waals surface area contributed by atoms with Gasteiger partial charge in [-0.3, -0.25) is 0 Å². The molecule has 0 fully saturated rings. The van der Waals surface area contributed by atoms with E-state index < -0.39 is 16.8 Å². The van der Waals surface area contributed by atoms with Crippen molar-refractivity contribution in [2.45, 2.75) is 104 Å². The Morgan fingerprint density at radius 1 is 0.708 bits per heavy atom. The average molecular weight is 374 g/mol. The van der Waals surface area contributed by atoms with Gasteiger partial charge in [0.2, 0.25) is 16.8 Å². The molecule has 0 aliphatic heterocycles. The number of hydrogen-bond acceptors (Lipinski definition) is 3. The van der Waals surface area contributed by atoms with Crippen LogP contribution in [-0.2, 0) is 0 Å². The van der Waals surface area contributed by atoms with Gasteiger partial charge in [-0.05, 0) is 41.3 Å². The highest BCUT2D eigenvalue weighted by atomic mass is 28.4. The minimum Gasteiger partial charge on any atom is -0.325 e. The molecule has 5 heteroatoms. The third-order valence-electron chi connectivity index (χ3n) is 5.91. The highest BCUT2D eigenvalue weighted by molar-refractivity contribution is 6.94. The van der Waals surface area contributed by atoms with Crippen molar-refractivity contribution >= 4 is 16.8 Å². The average Bonchev–Trinajstić information content (AvgIpc) is 2.37. The zero-order valence-corrected chi connectivity index (χ0v) is 21.0. The SMILES string of the molecule is CCN[Si](C(C)C)(N(C)[Si](NCC)(C(C)C)C(C)(C)C)C(C)(C)C. The minimum atomic E-state index is -1.94. The lowest BCUT2D eigenvalue weighted by Crippen LogP contribution is -2.83. The van der Waals surface area contributed by atoms with Gasteiger partial charge in [0, 0.05) is 0 Å². The van der Waals surface area contributed by atoms with E-state index in [1.54, 1.807) is 0 Å². The molecule has 0 radical (unpaired) electrons. The lowest BCUT2D eigenvalue weighted by molar-refractivity contribution is 0.484. The van der Waals surface area contributed by atoms with Gasteiger partial charge in [0.15, 0.2) is 0 Å². The maximum Gasteiger partial charge on any atom is 0.206 e. The molecule has 0 amide bonds. The third kappa shape index (κ3) is 4.00. The summed E-state index contributed by atoms with van der Waals surface area (Å²) >= 11 is 0. The second-order valence-electron chi connectivity index (χ2n) is 9.96. The Bertz CT molecular complexity index is 349. The lowest BCUT2D eigenvalue weighted by Gasteiger charge is -2.62. The number of nitrogens with zero attached hydrogens (tertiary/aromatic N) is 1. The standard InChI is InChI=1S/C19H47N3Si2/c1-14-20-23(16(3)4,18(7,8)9)22(13)24(17(5)6,21-15-2)19(10,11)12/h16-17,20-21H,14-15H2,1-13H3. The van der Waals surface area contributed by atoms with Crippen LogP contribution in [0.5, 0.6) is 0 Å². The Hall–Kier alpha value is 0.314. The Balaban J connectivity index is 6.65. The monoisotopic (exact) mass is 373 g/mol. The molecule has 0 aromatic carbocycles. The van der Waals surface area contributed by atoms with E-state index in [9.17, 15) is 0 Å². The van der Waals surface area contributed by atoms with Crippen molar-refractivity contribution in [2.24, 2.45) is 0 Å². The van der Waals surface area contributed by atoms with Gasteiger partial charge in [-0.15, -0.1) is 0 Å². The molecule has 0 saturated heterocycles. The quantitative estimate of drug-likeness (QED) is 0.555. The summed E-state index contributed by atoms with van der Waals surface area (Å²) in [6.45, 7) is 31.1. The van der Waals surface area contributed by atoms with Crippen LogP contribution in [0.4, 0.5) is 0 Å². The summed E-state index contributed by atoms with van der Waals surface area (Å²) in [4.78, 5) is 8.17. The van der Waals surface area contributed by atoms with Gasteiger partial charge in [-0.2, -0.15) is 0 Å². The van der Waals surface area contributed by atoms with Gasteiger partial charge in [0.1, 0.15) is 0 Å². The molecular formula is C19H47N3Si2. The van der Waals surface area contributed by atoms with Crippen molar-refractivity contribution in [3.63, 3.8) is 0 Å². The zero-order valence-electron chi connectivity index (χ0n) is 19.0. The summed E-state index contributed by atoms with van der Waals surface area (Å²) in [7, 11) is -1.44. The molecule has 0 aliphatic carbocycles. The number of nitrogens with one attached hydrogen (secondary N) is 2. The molecule has 2 N–H and O–H groups in total. The zero-order chi connectivity index (χ0) is 19.6. The topological polar surface area (TPSA) is 27.3 Å². The minimum absolute atomic E-state index is 0.264. The van der Waals surface area contributed by atoms with Crippen molar-refractivity contribution in [1.82, 2.24) is 14.2 Å². The van der Waals surface area contributed by atoms with Crippen molar-refractivity contribution in [3.8, 4) is 0 Å². The largest absolute Gasteiger partial charge is 0.325 e. The third-order valence-corrected chi connectivity index (χ3v) is 19.8. The van der Waals surface area contributed by atoms with E-state index in [1.807, 2.05) is 0 Å². The van der Waals surface area contributed by atoms with E-state index >= 15 is 0 Å². The molecule has 0 saturated carbocycles. The normalized spacial score (nSPS) is 19.0. The van der Waals surface area contributed by atoms with Crippen LogP contribution in [0.2, 0.25) is 21.2 Å². The number of rotatable bonds is 8. The molecule has 0 aromatic heterocycles. The van der Waals surface area contributed by atoms with Crippen LogP contribution in [0, 0.1) is 0 Å². The summed E-state index contributed by atoms with van der Waals surface area (Å²) in [5, 5.41) is 0.527. The second kappa shape index (κ2) is 8.34. The van der Waals surface area contributed by atoms with Gasteiger partial charge in [-0.1, -0.05) is 83.1 Å². The van der Waals surface area contributed by atoms with Gasteiger partial charge in [0.25, 0.3) is 0 Å². The van der Waals surface area contributed by atoms with Crippen molar-refractivity contribution in [1.29, 1.82) is 0 Å². The molecule has 2 unspecified atom stereocenters. The van der Waals surface area contributed by atoms with Crippen molar-refractivity contribution < 1.29 is 0 Å². The summed E-state index contributed by atoms with van der Waals surface area (Å²) in [5.74, 6) is 0. The Labute approximate surface area is 155 Å². The lowest BCUT2D eigenvalue weighted by atomic mass is 10.2. The predicted molar refractivity (Wildman–Crippen MR) is 116 cm³/mol. The molecule has 24 heavy (non-hydrogen) atoms. The first kappa shape index (κ1) is 24.3. The highest BCUT2D eigenvalue weighted by Crippen LogP contribution is 2.51. The van der Waals surface area contributed by atoms with Crippen LogP contribution in [0.1, 0.15) is 83.1 Å². The van der Waals surface area contributed by atoms with E-state index in [4.69, 9.17) is 0 Å².